The van der Waals surface area contributed by atoms with Gasteiger partial charge in [0, 0.05) is 11.3 Å². The molecule has 2 N–H and O–H groups in total. The Morgan fingerprint density at radius 2 is 1.85 bits per heavy atom. The van der Waals surface area contributed by atoms with Gasteiger partial charge in [-0.1, -0.05) is 42.5 Å². The molecule has 0 saturated heterocycles. The van der Waals surface area contributed by atoms with Gasteiger partial charge in [-0.2, -0.15) is 0 Å². The maximum absolute atomic E-state index is 13.2. The molecule has 26 heavy (non-hydrogen) atoms. The molecule has 0 aliphatic rings. The van der Waals surface area contributed by atoms with Gasteiger partial charge in [0.15, 0.2) is 11.8 Å². The second kappa shape index (κ2) is 8.02. The molecule has 3 aromatic rings. The minimum atomic E-state index is -0.332. The van der Waals surface area contributed by atoms with Crippen LogP contribution in [0.15, 0.2) is 71.3 Å². The first-order valence-electron chi connectivity index (χ1n) is 8.82. The summed E-state index contributed by atoms with van der Waals surface area (Å²) in [6.07, 6.45) is 1.66. The maximum atomic E-state index is 13.2. The molecule has 134 valence electrons. The average Bonchev–Trinajstić information content (AvgIpc) is 3.12. The van der Waals surface area contributed by atoms with Crippen LogP contribution in [0.25, 0.3) is 0 Å². The van der Waals surface area contributed by atoms with Crippen molar-refractivity contribution in [3.8, 4) is 0 Å². The van der Waals surface area contributed by atoms with Crippen molar-refractivity contribution in [2.75, 3.05) is 12.4 Å². The van der Waals surface area contributed by atoms with Gasteiger partial charge >= 0.3 is 0 Å². The molecule has 0 bridgehead atoms. The van der Waals surface area contributed by atoms with Gasteiger partial charge < -0.3 is 14.6 Å². The minimum absolute atomic E-state index is 0.0195. The van der Waals surface area contributed by atoms with E-state index in [2.05, 4.69) is 5.32 Å². The van der Waals surface area contributed by atoms with Crippen molar-refractivity contribution in [1.82, 2.24) is 0 Å². The Labute approximate surface area is 154 Å². The summed E-state index contributed by atoms with van der Waals surface area (Å²) in [6.45, 7) is 4.66. The van der Waals surface area contributed by atoms with Crippen molar-refractivity contribution in [1.29, 1.82) is 0 Å². The van der Waals surface area contributed by atoms with Crippen LogP contribution in [0.2, 0.25) is 0 Å². The van der Waals surface area contributed by atoms with Gasteiger partial charge in [-0.05, 0) is 43.2 Å². The minimum Gasteiger partial charge on any atom is -0.463 e. The number of likely N-dealkylation sites (N-methyl/N-ethyl adjacent to an activating group) is 1. The summed E-state index contributed by atoms with van der Waals surface area (Å²) in [4.78, 5) is 14.2. The smallest absolute Gasteiger partial charge is 0.287 e. The molecule has 0 aliphatic carbocycles. The van der Waals surface area contributed by atoms with Crippen LogP contribution >= 0.6 is 0 Å². The van der Waals surface area contributed by atoms with Gasteiger partial charge in [0.1, 0.15) is 6.54 Å². The lowest BCUT2D eigenvalue weighted by molar-refractivity contribution is -0.916. The van der Waals surface area contributed by atoms with Crippen LogP contribution in [0.1, 0.15) is 28.5 Å². The number of amides is 1. The molecular weight excluding hydrogens is 324 g/mol. The number of aryl methyl sites for hydroxylation is 2. The number of nitrogens with one attached hydrogen (secondary N) is 2. The second-order valence-electron chi connectivity index (χ2n) is 6.75. The van der Waals surface area contributed by atoms with E-state index in [1.807, 2.05) is 81.6 Å². The van der Waals surface area contributed by atoms with Crippen LogP contribution in [-0.2, 0) is 11.3 Å². The van der Waals surface area contributed by atoms with Crippen LogP contribution in [0.4, 0.5) is 5.69 Å². The van der Waals surface area contributed by atoms with Gasteiger partial charge in [-0.25, -0.2) is 0 Å². The van der Waals surface area contributed by atoms with Gasteiger partial charge in [-0.15, -0.1) is 0 Å². The Morgan fingerprint density at radius 1 is 1.08 bits per heavy atom. The van der Waals surface area contributed by atoms with Crippen molar-refractivity contribution in [2.45, 2.75) is 26.4 Å². The monoisotopic (exact) mass is 349 g/mol. The molecule has 0 saturated carbocycles. The first kappa shape index (κ1) is 18.0. The van der Waals surface area contributed by atoms with Crippen molar-refractivity contribution in [3.05, 3.63) is 89.4 Å². The quantitative estimate of drug-likeness (QED) is 0.717. The number of anilines is 1. The highest BCUT2D eigenvalue weighted by molar-refractivity contribution is 5.95. The first-order chi connectivity index (χ1) is 12.5. The van der Waals surface area contributed by atoms with Crippen molar-refractivity contribution >= 4 is 11.6 Å². The fourth-order valence-corrected chi connectivity index (χ4v) is 3.17. The Hall–Kier alpha value is -2.85. The third-order valence-corrected chi connectivity index (χ3v) is 4.57. The highest BCUT2D eigenvalue weighted by Gasteiger charge is 2.30. The number of hydrogen-bond donors (Lipinski definition) is 2. The zero-order valence-corrected chi connectivity index (χ0v) is 15.5. The van der Waals surface area contributed by atoms with E-state index in [9.17, 15) is 4.79 Å². The summed E-state index contributed by atoms with van der Waals surface area (Å²) >= 11 is 0. The molecule has 1 unspecified atom stereocenters. The number of benzene rings is 2. The summed E-state index contributed by atoms with van der Waals surface area (Å²) in [7, 11) is 2.02. The molecule has 0 fully saturated rings. The van der Waals surface area contributed by atoms with Crippen molar-refractivity contribution in [3.63, 3.8) is 0 Å². The van der Waals surface area contributed by atoms with Crippen LogP contribution < -0.4 is 10.2 Å². The van der Waals surface area contributed by atoms with E-state index >= 15 is 0 Å². The third kappa shape index (κ3) is 4.21. The van der Waals surface area contributed by atoms with Gasteiger partial charge in [0.05, 0.1) is 13.3 Å². The Balaban J connectivity index is 1.87. The number of hydrogen-bond acceptors (Lipinski definition) is 2. The summed E-state index contributed by atoms with van der Waals surface area (Å²) in [5.41, 5.74) is 4.03. The van der Waals surface area contributed by atoms with E-state index in [4.69, 9.17) is 4.42 Å². The molecule has 1 aromatic heterocycles. The molecule has 0 radical (unpaired) electrons. The fourth-order valence-electron chi connectivity index (χ4n) is 3.17. The van der Waals surface area contributed by atoms with Crippen molar-refractivity contribution < 1.29 is 14.1 Å². The lowest BCUT2D eigenvalue weighted by Crippen LogP contribution is -3.09. The number of carbonyl (C=O) groups is 1. The van der Waals surface area contributed by atoms with Gasteiger partial charge in [0.2, 0.25) is 0 Å². The third-order valence-electron chi connectivity index (χ3n) is 4.57. The molecular formula is C22H25N2O2+. The van der Waals surface area contributed by atoms with E-state index in [1.54, 1.807) is 6.26 Å². The second-order valence-corrected chi connectivity index (χ2v) is 6.75. The van der Waals surface area contributed by atoms with Crippen LogP contribution in [0.5, 0.6) is 0 Å². The SMILES string of the molecule is Cc1ccc(C)c(NC(=O)[C@@H](c2ccccc2)[NH+](C)Cc2ccco2)c1. The average molecular weight is 349 g/mol. The Bertz CT molecular complexity index is 857. The van der Waals surface area contributed by atoms with Gasteiger partial charge in [0.25, 0.3) is 5.91 Å². The van der Waals surface area contributed by atoms with E-state index < -0.39 is 0 Å². The molecule has 2 aromatic carbocycles. The largest absolute Gasteiger partial charge is 0.463 e. The molecule has 0 spiro atoms. The van der Waals surface area contributed by atoms with Crippen LogP contribution in [0.3, 0.4) is 0 Å². The van der Waals surface area contributed by atoms with E-state index in [-0.39, 0.29) is 11.9 Å². The highest BCUT2D eigenvalue weighted by atomic mass is 16.3. The van der Waals surface area contributed by atoms with Crippen LogP contribution in [0, 0.1) is 13.8 Å². The highest BCUT2D eigenvalue weighted by Crippen LogP contribution is 2.19. The summed E-state index contributed by atoms with van der Waals surface area (Å²) in [6, 6.07) is 19.5. The molecule has 3 rings (SSSR count). The van der Waals surface area contributed by atoms with Gasteiger partial charge in [-0.3, -0.25) is 4.79 Å². The zero-order chi connectivity index (χ0) is 18.5. The maximum Gasteiger partial charge on any atom is 0.287 e. The molecule has 1 heterocycles. The predicted octanol–water partition coefficient (Wildman–Crippen LogP) is 3.29. The molecule has 0 aliphatic heterocycles. The first-order valence-corrected chi connectivity index (χ1v) is 8.82. The topological polar surface area (TPSA) is 46.7 Å². The Kier molecular flexibility index (Phi) is 5.54. The predicted molar refractivity (Wildman–Crippen MR) is 103 cm³/mol. The lowest BCUT2D eigenvalue weighted by atomic mass is 10.0. The summed E-state index contributed by atoms with van der Waals surface area (Å²) < 4.78 is 5.47. The Morgan fingerprint density at radius 3 is 2.54 bits per heavy atom. The zero-order valence-electron chi connectivity index (χ0n) is 15.5. The normalized spacial score (nSPS) is 13.2. The van der Waals surface area contributed by atoms with E-state index in [1.165, 1.54) is 0 Å². The van der Waals surface area contributed by atoms with Crippen LogP contribution in [-0.4, -0.2) is 13.0 Å². The number of rotatable bonds is 6. The number of carbonyl (C=O) groups excluding carboxylic acids is 1. The molecule has 1 amide bonds. The fraction of sp³-hybridized carbons (Fsp3) is 0.227. The summed E-state index contributed by atoms with van der Waals surface area (Å²) in [5.74, 6) is 0.844. The van der Waals surface area contributed by atoms with Crippen molar-refractivity contribution in [2.24, 2.45) is 0 Å². The molecule has 2 atom stereocenters. The standard InChI is InChI=1S/C22H24N2O2/c1-16-11-12-17(2)20(14-16)23-22(25)21(18-8-5-4-6-9-18)24(3)15-19-10-7-13-26-19/h4-14,21H,15H2,1-3H3,(H,23,25)/p+1/t21-/m1/s1. The number of quaternary nitrogens is 1. The number of furan rings is 1. The molecule has 4 heteroatoms. The van der Waals surface area contributed by atoms with E-state index in [0.717, 1.165) is 33.0 Å². The lowest BCUT2D eigenvalue weighted by Gasteiger charge is -2.24. The van der Waals surface area contributed by atoms with E-state index in [0.29, 0.717) is 6.54 Å². The summed E-state index contributed by atoms with van der Waals surface area (Å²) in [5, 5.41) is 3.12. The molecule has 4 nitrogen and oxygen atoms in total.